The van der Waals surface area contributed by atoms with E-state index in [4.69, 9.17) is 0 Å². The van der Waals surface area contributed by atoms with Gasteiger partial charge >= 0.3 is 6.18 Å². The molecular formula is C12H17F3N2. The summed E-state index contributed by atoms with van der Waals surface area (Å²) in [7, 11) is 0. The van der Waals surface area contributed by atoms with Gasteiger partial charge < -0.3 is 5.32 Å². The minimum atomic E-state index is -4.30. The topological polar surface area (TPSA) is 24.9 Å². The van der Waals surface area contributed by atoms with Crippen LogP contribution in [0.2, 0.25) is 0 Å². The third-order valence-electron chi connectivity index (χ3n) is 2.06. The fourth-order valence-corrected chi connectivity index (χ4v) is 0.950. The molecule has 2 nitrogen and oxygen atoms in total. The van der Waals surface area contributed by atoms with Crippen LogP contribution >= 0.6 is 0 Å². The van der Waals surface area contributed by atoms with Crippen molar-refractivity contribution in [3.8, 4) is 0 Å². The second-order valence-electron chi connectivity index (χ2n) is 3.88. The Morgan fingerprint density at radius 2 is 1.88 bits per heavy atom. The van der Waals surface area contributed by atoms with Gasteiger partial charge in [-0.3, -0.25) is 4.98 Å². The van der Waals surface area contributed by atoms with Gasteiger partial charge in [0.15, 0.2) is 0 Å². The number of halogens is 3. The monoisotopic (exact) mass is 246 g/mol. The Kier molecular flexibility index (Phi) is 5.41. The highest BCUT2D eigenvalue weighted by molar-refractivity contribution is 5.16. The van der Waals surface area contributed by atoms with Crippen molar-refractivity contribution in [1.82, 2.24) is 10.3 Å². The Morgan fingerprint density at radius 1 is 1.24 bits per heavy atom. The van der Waals surface area contributed by atoms with Gasteiger partial charge in [0, 0.05) is 12.7 Å². The zero-order valence-electron chi connectivity index (χ0n) is 9.85. The molecule has 1 saturated carbocycles. The molecule has 0 unspecified atom stereocenters. The molecule has 1 aliphatic carbocycles. The third-order valence-corrected chi connectivity index (χ3v) is 2.06. The normalized spacial score (nSPS) is 13.9. The van der Waals surface area contributed by atoms with Gasteiger partial charge in [0.2, 0.25) is 0 Å². The van der Waals surface area contributed by atoms with Crippen LogP contribution in [-0.2, 0) is 12.7 Å². The maximum Gasteiger partial charge on any atom is 0.417 e. The standard InChI is InChI=1S/C9H11F3N2.C3H6/c1-2-13-6-8-4-3-7(5-14-8)9(10,11)12;1-2-3-1/h3-5,13H,2,6H2,1H3;1-3H2. The second kappa shape index (κ2) is 6.59. The van der Waals surface area contributed by atoms with Crippen molar-refractivity contribution in [2.75, 3.05) is 6.54 Å². The second-order valence-corrected chi connectivity index (χ2v) is 3.88. The lowest BCUT2D eigenvalue weighted by atomic mass is 10.2. The Hall–Kier alpha value is -1.10. The van der Waals surface area contributed by atoms with Crippen LogP contribution in [-0.4, -0.2) is 11.5 Å². The molecule has 0 spiro atoms. The summed E-state index contributed by atoms with van der Waals surface area (Å²) in [5.41, 5.74) is -0.0994. The van der Waals surface area contributed by atoms with E-state index in [0.29, 0.717) is 12.2 Å². The Balaban J connectivity index is 0.000000415. The average Bonchev–Trinajstić information content (AvgIpc) is 3.13. The van der Waals surface area contributed by atoms with Crippen molar-refractivity contribution in [2.45, 2.75) is 38.9 Å². The quantitative estimate of drug-likeness (QED) is 0.884. The van der Waals surface area contributed by atoms with Crippen LogP contribution in [0.3, 0.4) is 0 Å². The fourth-order valence-electron chi connectivity index (χ4n) is 0.950. The zero-order chi connectivity index (χ0) is 12.7. The first-order valence-electron chi connectivity index (χ1n) is 5.77. The van der Waals surface area contributed by atoms with E-state index in [1.165, 1.54) is 25.3 Å². The van der Waals surface area contributed by atoms with E-state index >= 15 is 0 Å². The van der Waals surface area contributed by atoms with Crippen molar-refractivity contribution in [3.63, 3.8) is 0 Å². The molecule has 0 aliphatic heterocycles. The maximum absolute atomic E-state index is 12.1. The molecule has 0 amide bonds. The summed E-state index contributed by atoms with van der Waals surface area (Å²) in [6, 6.07) is 2.42. The number of nitrogens with zero attached hydrogens (tertiary/aromatic N) is 1. The SMILES string of the molecule is C1CC1.CCNCc1ccc(C(F)(F)F)cn1. The first kappa shape index (κ1) is 14.0. The molecule has 1 N–H and O–H groups in total. The van der Waals surface area contributed by atoms with Gasteiger partial charge in [0.1, 0.15) is 0 Å². The van der Waals surface area contributed by atoms with Crippen LogP contribution in [0.25, 0.3) is 0 Å². The van der Waals surface area contributed by atoms with Gasteiger partial charge in [-0.25, -0.2) is 0 Å². The van der Waals surface area contributed by atoms with E-state index in [9.17, 15) is 13.2 Å². The summed E-state index contributed by atoms with van der Waals surface area (Å²) < 4.78 is 36.3. The minimum Gasteiger partial charge on any atom is -0.311 e. The molecule has 17 heavy (non-hydrogen) atoms. The Bertz CT molecular complexity index is 315. The number of nitrogens with one attached hydrogen (secondary N) is 1. The molecule has 1 fully saturated rings. The summed E-state index contributed by atoms with van der Waals surface area (Å²) in [6.45, 7) is 3.18. The van der Waals surface area contributed by atoms with E-state index < -0.39 is 11.7 Å². The highest BCUT2D eigenvalue weighted by Crippen LogP contribution is 2.28. The van der Waals surface area contributed by atoms with Crippen LogP contribution in [0.4, 0.5) is 13.2 Å². The molecular weight excluding hydrogens is 229 g/mol. The van der Waals surface area contributed by atoms with Crippen LogP contribution < -0.4 is 5.32 Å². The van der Waals surface area contributed by atoms with Crippen LogP contribution in [0.15, 0.2) is 18.3 Å². The van der Waals surface area contributed by atoms with Crippen LogP contribution in [0.1, 0.15) is 37.4 Å². The van der Waals surface area contributed by atoms with E-state index in [0.717, 1.165) is 18.8 Å². The molecule has 96 valence electrons. The number of hydrogen-bond donors (Lipinski definition) is 1. The highest BCUT2D eigenvalue weighted by atomic mass is 19.4. The summed E-state index contributed by atoms with van der Waals surface area (Å²) >= 11 is 0. The summed E-state index contributed by atoms with van der Waals surface area (Å²) in [6.07, 6.45) is 1.05. The molecule has 1 heterocycles. The molecule has 0 radical (unpaired) electrons. The number of aromatic nitrogens is 1. The van der Waals surface area contributed by atoms with E-state index in [2.05, 4.69) is 10.3 Å². The number of pyridine rings is 1. The van der Waals surface area contributed by atoms with Crippen molar-refractivity contribution in [1.29, 1.82) is 0 Å². The predicted molar refractivity (Wildman–Crippen MR) is 60.5 cm³/mol. The van der Waals surface area contributed by atoms with Crippen molar-refractivity contribution in [3.05, 3.63) is 29.6 Å². The highest BCUT2D eigenvalue weighted by Gasteiger charge is 2.30. The van der Waals surface area contributed by atoms with E-state index in [1.54, 1.807) is 0 Å². The molecule has 0 aromatic carbocycles. The van der Waals surface area contributed by atoms with Gasteiger partial charge in [-0.05, 0) is 18.7 Å². The van der Waals surface area contributed by atoms with Crippen molar-refractivity contribution >= 4 is 0 Å². The smallest absolute Gasteiger partial charge is 0.311 e. The number of hydrogen-bond acceptors (Lipinski definition) is 2. The van der Waals surface area contributed by atoms with Gasteiger partial charge in [-0.15, -0.1) is 0 Å². The molecule has 1 aromatic rings. The van der Waals surface area contributed by atoms with Gasteiger partial charge in [0.25, 0.3) is 0 Å². The maximum atomic E-state index is 12.1. The lowest BCUT2D eigenvalue weighted by Crippen LogP contribution is -2.13. The summed E-state index contributed by atoms with van der Waals surface area (Å²) in [5, 5.41) is 2.98. The molecule has 0 bridgehead atoms. The minimum absolute atomic E-state index is 0.495. The first-order chi connectivity index (χ1) is 8.04. The molecule has 0 atom stereocenters. The average molecular weight is 246 g/mol. The van der Waals surface area contributed by atoms with Crippen molar-refractivity contribution < 1.29 is 13.2 Å². The lowest BCUT2D eigenvalue weighted by Gasteiger charge is -2.06. The predicted octanol–water partition coefficient (Wildman–Crippen LogP) is 3.38. The fraction of sp³-hybridized carbons (Fsp3) is 0.583. The number of rotatable bonds is 3. The molecule has 1 aliphatic rings. The summed E-state index contributed by atoms with van der Waals surface area (Å²) in [5.74, 6) is 0. The van der Waals surface area contributed by atoms with Gasteiger partial charge in [-0.2, -0.15) is 13.2 Å². The van der Waals surface area contributed by atoms with E-state index in [1.807, 2.05) is 6.92 Å². The summed E-state index contributed by atoms with van der Waals surface area (Å²) in [4.78, 5) is 3.70. The Morgan fingerprint density at radius 3 is 2.24 bits per heavy atom. The third kappa shape index (κ3) is 6.26. The lowest BCUT2D eigenvalue weighted by molar-refractivity contribution is -0.137. The van der Waals surface area contributed by atoms with Crippen LogP contribution in [0, 0.1) is 0 Å². The molecule has 2 rings (SSSR count). The van der Waals surface area contributed by atoms with E-state index in [-0.39, 0.29) is 0 Å². The largest absolute Gasteiger partial charge is 0.417 e. The molecule has 0 saturated heterocycles. The van der Waals surface area contributed by atoms with Crippen LogP contribution in [0.5, 0.6) is 0 Å². The molecule has 5 heteroatoms. The first-order valence-corrected chi connectivity index (χ1v) is 5.77. The zero-order valence-corrected chi connectivity index (χ0v) is 9.85. The van der Waals surface area contributed by atoms with Crippen molar-refractivity contribution in [2.24, 2.45) is 0 Å². The number of alkyl halides is 3. The van der Waals surface area contributed by atoms with Gasteiger partial charge in [0.05, 0.1) is 11.3 Å². The molecule has 1 aromatic heterocycles. The Labute approximate surface area is 99.3 Å². The van der Waals surface area contributed by atoms with Gasteiger partial charge in [-0.1, -0.05) is 26.2 Å².